The van der Waals surface area contributed by atoms with Gasteiger partial charge in [-0.1, -0.05) is 0 Å². The van der Waals surface area contributed by atoms with Crippen molar-refractivity contribution in [3.8, 4) is 6.07 Å². The Hall–Kier alpha value is -0.230. The van der Waals surface area contributed by atoms with Crippen LogP contribution in [0.5, 0.6) is 0 Å². The van der Waals surface area contributed by atoms with Gasteiger partial charge in [-0.3, -0.25) is 0 Å². The van der Waals surface area contributed by atoms with E-state index in [1.54, 1.807) is 6.07 Å². The largest absolute Gasteiger partial charge is 0.197 e. The number of hydrogen-bond donors (Lipinski definition) is 0. The Kier molecular flexibility index (Phi) is 3.60. The highest BCUT2D eigenvalue weighted by Crippen LogP contribution is 1.94. The minimum atomic E-state index is -0.0556. The van der Waals surface area contributed by atoms with Crippen LogP contribution in [0.2, 0.25) is 0 Å². The number of nitrogens with zero attached hydrogens (tertiary/aromatic N) is 1. The summed E-state index contributed by atoms with van der Waals surface area (Å²) < 4.78 is 10.7. The van der Waals surface area contributed by atoms with Crippen molar-refractivity contribution in [2.24, 2.45) is 0 Å². The molecule has 0 N–H and O–H groups in total. The third-order valence-electron chi connectivity index (χ3n) is 0.119. The van der Waals surface area contributed by atoms with E-state index in [4.69, 9.17) is 5.26 Å². The highest BCUT2D eigenvalue weighted by atomic mass is 32.2. The van der Waals surface area contributed by atoms with Gasteiger partial charge in [-0.15, -0.1) is 0 Å². The average molecular weight is 91.1 g/mol. The molecule has 0 bridgehead atoms. The van der Waals surface area contributed by atoms with Crippen LogP contribution < -0.4 is 0 Å². The molecule has 0 radical (unpaired) electrons. The van der Waals surface area contributed by atoms with E-state index < -0.39 is 0 Å². The lowest BCUT2D eigenvalue weighted by molar-refractivity contribution is 0.940. The Morgan fingerprint density at radius 1 is 2.00 bits per heavy atom. The van der Waals surface area contributed by atoms with Gasteiger partial charge >= 0.3 is 0 Å². The Morgan fingerprint density at radius 3 is 2.60 bits per heavy atom. The molecule has 0 rings (SSSR count). The quantitative estimate of drug-likeness (QED) is 0.483. The van der Waals surface area contributed by atoms with Gasteiger partial charge in [0.05, 0.1) is 18.2 Å². The maximum atomic E-state index is 10.7. The summed E-state index contributed by atoms with van der Waals surface area (Å²) in [5.74, 6) is -0.0556. The third-order valence-corrected chi connectivity index (χ3v) is 0.357. The normalized spacial score (nSPS) is 6.40. The topological polar surface area (TPSA) is 23.8 Å². The van der Waals surface area contributed by atoms with Crippen molar-refractivity contribution >= 4 is 12.1 Å². The third kappa shape index (κ3) is 3.77. The highest BCUT2D eigenvalue weighted by molar-refractivity contribution is 7.94. The van der Waals surface area contributed by atoms with Gasteiger partial charge in [0.2, 0.25) is 0 Å². The van der Waals surface area contributed by atoms with Gasteiger partial charge in [0, 0.05) is 0 Å². The highest BCUT2D eigenvalue weighted by Gasteiger charge is 1.70. The predicted octanol–water partition coefficient (Wildman–Crippen LogP) is 1.13. The molecule has 0 saturated carbocycles. The number of rotatable bonds is 1. The first-order valence-electron chi connectivity index (χ1n) is 1.02. The summed E-state index contributed by atoms with van der Waals surface area (Å²) in [4.78, 5) is 0. The van der Waals surface area contributed by atoms with E-state index in [1.807, 2.05) is 0 Å². The van der Waals surface area contributed by atoms with Gasteiger partial charge in [0.25, 0.3) is 0 Å². The van der Waals surface area contributed by atoms with Crippen molar-refractivity contribution in [1.29, 1.82) is 5.26 Å². The molecule has 0 fully saturated rings. The van der Waals surface area contributed by atoms with Crippen LogP contribution in [0.3, 0.4) is 0 Å². The van der Waals surface area contributed by atoms with E-state index in [1.165, 1.54) is 0 Å². The van der Waals surface area contributed by atoms with Crippen LogP contribution in [-0.4, -0.2) is 5.75 Å². The second-order valence-electron chi connectivity index (χ2n) is 0.412. The maximum absolute atomic E-state index is 10.7. The van der Waals surface area contributed by atoms with E-state index in [0.29, 0.717) is 0 Å². The zero-order valence-corrected chi connectivity index (χ0v) is 3.26. The standard InChI is InChI=1S/C2H2FNS/c3-5-2-1-4/h2H2. The summed E-state index contributed by atoms with van der Waals surface area (Å²) >= 11 is 0.0405. The molecule has 0 aliphatic rings. The van der Waals surface area contributed by atoms with Crippen molar-refractivity contribution < 1.29 is 3.89 Å². The average Bonchev–Trinajstić information content (AvgIpc) is 1.41. The minimum Gasteiger partial charge on any atom is -0.197 e. The second kappa shape index (κ2) is 3.77. The molecule has 0 aliphatic heterocycles. The minimum absolute atomic E-state index is 0.0405. The summed E-state index contributed by atoms with van der Waals surface area (Å²) in [6.45, 7) is 0. The van der Waals surface area contributed by atoms with Gasteiger partial charge in [-0.25, -0.2) is 0 Å². The zero-order chi connectivity index (χ0) is 4.12. The molecule has 0 atom stereocenters. The fourth-order valence-electron chi connectivity index (χ4n) is 0.0244. The van der Waals surface area contributed by atoms with E-state index in [2.05, 4.69) is 0 Å². The van der Waals surface area contributed by atoms with Crippen molar-refractivity contribution in [3.63, 3.8) is 0 Å². The van der Waals surface area contributed by atoms with Crippen LogP contribution in [0.1, 0.15) is 0 Å². The van der Waals surface area contributed by atoms with Crippen molar-refractivity contribution in [2.45, 2.75) is 0 Å². The Bertz CT molecular complexity index is 48.1. The van der Waals surface area contributed by atoms with Crippen LogP contribution in [0.4, 0.5) is 3.89 Å². The molecule has 0 aromatic heterocycles. The van der Waals surface area contributed by atoms with Gasteiger partial charge in [-0.05, 0) is 0 Å². The molecule has 0 spiro atoms. The summed E-state index contributed by atoms with van der Waals surface area (Å²) in [5, 5.41) is 7.56. The Balaban J connectivity index is 2.48. The first-order valence-corrected chi connectivity index (χ1v) is 1.91. The summed E-state index contributed by atoms with van der Waals surface area (Å²) in [7, 11) is 0. The summed E-state index contributed by atoms with van der Waals surface area (Å²) in [5.41, 5.74) is 0. The van der Waals surface area contributed by atoms with Gasteiger partial charge < -0.3 is 0 Å². The molecule has 0 aliphatic carbocycles. The molecule has 1 nitrogen and oxygen atoms in total. The molecular weight excluding hydrogens is 89.1 g/mol. The van der Waals surface area contributed by atoms with Crippen molar-refractivity contribution in [2.75, 3.05) is 5.75 Å². The van der Waals surface area contributed by atoms with Crippen LogP contribution in [0.15, 0.2) is 0 Å². The van der Waals surface area contributed by atoms with Crippen LogP contribution in [0.25, 0.3) is 0 Å². The van der Waals surface area contributed by atoms with E-state index in [9.17, 15) is 3.89 Å². The molecular formula is C2H2FNS. The van der Waals surface area contributed by atoms with Crippen LogP contribution in [-0.2, 0) is 0 Å². The maximum Gasteiger partial charge on any atom is 0.112 e. The van der Waals surface area contributed by atoms with Crippen LogP contribution >= 0.6 is 12.1 Å². The molecule has 28 valence electrons. The zero-order valence-electron chi connectivity index (χ0n) is 2.44. The Morgan fingerprint density at radius 2 is 2.60 bits per heavy atom. The molecule has 0 unspecified atom stereocenters. The lowest BCUT2D eigenvalue weighted by Crippen LogP contribution is -1.55. The molecule has 0 saturated heterocycles. The molecule has 0 amide bonds. The lowest BCUT2D eigenvalue weighted by Gasteiger charge is -1.61. The van der Waals surface area contributed by atoms with Gasteiger partial charge in [0.15, 0.2) is 0 Å². The summed E-state index contributed by atoms with van der Waals surface area (Å²) in [6, 6.07) is 1.61. The monoisotopic (exact) mass is 91.0 g/mol. The fourth-order valence-corrected chi connectivity index (χ4v) is 0.0732. The summed E-state index contributed by atoms with van der Waals surface area (Å²) in [6.07, 6.45) is 0. The SMILES string of the molecule is N#CCSF. The number of nitriles is 1. The number of hydrogen-bond acceptors (Lipinski definition) is 2. The van der Waals surface area contributed by atoms with E-state index >= 15 is 0 Å². The molecule has 0 aromatic carbocycles. The van der Waals surface area contributed by atoms with Crippen LogP contribution in [0, 0.1) is 11.3 Å². The first-order chi connectivity index (χ1) is 2.41. The van der Waals surface area contributed by atoms with Crippen molar-refractivity contribution in [1.82, 2.24) is 0 Å². The predicted molar refractivity (Wildman–Crippen MR) is 19.2 cm³/mol. The molecule has 3 heteroatoms. The molecule has 5 heavy (non-hydrogen) atoms. The lowest BCUT2D eigenvalue weighted by atomic mass is 10.9. The Labute approximate surface area is 34.1 Å². The fraction of sp³-hybridized carbons (Fsp3) is 0.500. The van der Waals surface area contributed by atoms with Crippen molar-refractivity contribution in [3.05, 3.63) is 0 Å². The number of halogens is 1. The second-order valence-corrected chi connectivity index (χ2v) is 0.918. The first kappa shape index (κ1) is 4.77. The van der Waals surface area contributed by atoms with Gasteiger partial charge in [0.1, 0.15) is 5.75 Å². The van der Waals surface area contributed by atoms with E-state index in [-0.39, 0.29) is 17.9 Å². The van der Waals surface area contributed by atoms with Gasteiger partial charge in [-0.2, -0.15) is 9.15 Å². The molecule has 0 heterocycles. The smallest absolute Gasteiger partial charge is 0.112 e. The molecule has 0 aromatic rings. The van der Waals surface area contributed by atoms with E-state index in [0.717, 1.165) is 0 Å².